The maximum absolute atomic E-state index is 4.59. The average Bonchev–Trinajstić information content (AvgIpc) is 3.44. The van der Waals surface area contributed by atoms with Crippen molar-refractivity contribution in [2.24, 2.45) is 4.99 Å². The number of hydrogen-bond acceptors (Lipinski definition) is 4. The summed E-state index contributed by atoms with van der Waals surface area (Å²) < 4.78 is 0. The van der Waals surface area contributed by atoms with E-state index in [9.17, 15) is 0 Å². The summed E-state index contributed by atoms with van der Waals surface area (Å²) in [7, 11) is 1.87. The molecule has 1 aliphatic carbocycles. The number of hydrogen-bond donors (Lipinski definition) is 2. The highest BCUT2D eigenvalue weighted by molar-refractivity contribution is 5.80. The van der Waals surface area contributed by atoms with Crippen molar-refractivity contribution in [3.05, 3.63) is 23.9 Å². The van der Waals surface area contributed by atoms with Crippen molar-refractivity contribution >= 4 is 11.8 Å². The molecule has 6 nitrogen and oxygen atoms in total. The van der Waals surface area contributed by atoms with Gasteiger partial charge in [0.25, 0.3) is 0 Å². The van der Waals surface area contributed by atoms with Gasteiger partial charge < -0.3 is 15.5 Å². The van der Waals surface area contributed by atoms with Gasteiger partial charge in [-0.2, -0.15) is 0 Å². The fourth-order valence-corrected chi connectivity index (χ4v) is 4.95. The molecule has 1 aromatic rings. The van der Waals surface area contributed by atoms with Gasteiger partial charge in [0, 0.05) is 58.1 Å². The van der Waals surface area contributed by atoms with E-state index in [1.807, 2.05) is 13.2 Å². The molecular weight excluding hydrogens is 348 g/mol. The molecule has 0 aromatic carbocycles. The number of aliphatic imine (C=N–C) groups is 1. The first-order valence-electron chi connectivity index (χ1n) is 11.2. The van der Waals surface area contributed by atoms with Gasteiger partial charge in [0.15, 0.2) is 5.96 Å². The van der Waals surface area contributed by atoms with Gasteiger partial charge in [0.1, 0.15) is 5.82 Å². The lowest BCUT2D eigenvalue weighted by Crippen LogP contribution is -2.45. The molecule has 4 rings (SSSR count). The van der Waals surface area contributed by atoms with Gasteiger partial charge in [-0.1, -0.05) is 12.8 Å². The van der Waals surface area contributed by atoms with Gasteiger partial charge in [0.2, 0.25) is 0 Å². The number of aromatic nitrogens is 1. The van der Waals surface area contributed by atoms with E-state index < -0.39 is 0 Å². The number of pyridine rings is 1. The van der Waals surface area contributed by atoms with Crippen LogP contribution in [0.5, 0.6) is 0 Å². The van der Waals surface area contributed by atoms with E-state index >= 15 is 0 Å². The van der Waals surface area contributed by atoms with Gasteiger partial charge >= 0.3 is 0 Å². The number of nitrogens with zero attached hydrogens (tertiary/aromatic N) is 4. The first kappa shape index (κ1) is 19.5. The van der Waals surface area contributed by atoms with Crippen molar-refractivity contribution in [3.8, 4) is 0 Å². The molecule has 1 atom stereocenters. The molecule has 2 saturated heterocycles. The topological polar surface area (TPSA) is 55.8 Å². The van der Waals surface area contributed by atoms with Crippen LogP contribution in [0.3, 0.4) is 0 Å². The smallest absolute Gasteiger partial charge is 0.191 e. The molecule has 0 amide bonds. The third-order valence-electron chi connectivity index (χ3n) is 6.58. The van der Waals surface area contributed by atoms with Gasteiger partial charge in [-0.3, -0.25) is 9.89 Å². The maximum atomic E-state index is 4.59. The van der Waals surface area contributed by atoms with Crippen molar-refractivity contribution in [1.82, 2.24) is 20.5 Å². The van der Waals surface area contributed by atoms with Gasteiger partial charge in [-0.05, 0) is 56.2 Å². The first-order chi connectivity index (χ1) is 13.8. The monoisotopic (exact) mass is 384 g/mol. The van der Waals surface area contributed by atoms with E-state index in [4.69, 9.17) is 0 Å². The molecular formula is C22H36N6. The Morgan fingerprint density at radius 2 is 1.93 bits per heavy atom. The predicted octanol–water partition coefficient (Wildman–Crippen LogP) is 2.75. The van der Waals surface area contributed by atoms with Crippen molar-refractivity contribution < 1.29 is 0 Å². The Bertz CT molecular complexity index is 648. The van der Waals surface area contributed by atoms with E-state index in [1.54, 1.807) is 0 Å². The number of guanidine groups is 1. The van der Waals surface area contributed by atoms with Gasteiger partial charge in [0.05, 0.1) is 0 Å². The van der Waals surface area contributed by atoms with Crippen LogP contribution >= 0.6 is 0 Å². The van der Waals surface area contributed by atoms with Crippen LogP contribution in [0.1, 0.15) is 56.9 Å². The Morgan fingerprint density at radius 1 is 1.11 bits per heavy atom. The quantitative estimate of drug-likeness (QED) is 0.604. The van der Waals surface area contributed by atoms with Crippen molar-refractivity contribution in [3.63, 3.8) is 0 Å². The van der Waals surface area contributed by atoms with E-state index in [0.29, 0.717) is 6.04 Å². The summed E-state index contributed by atoms with van der Waals surface area (Å²) in [5.74, 6) is 2.03. The molecule has 1 unspecified atom stereocenters. The summed E-state index contributed by atoms with van der Waals surface area (Å²) in [5.41, 5.74) is 1.26. The minimum Gasteiger partial charge on any atom is -0.357 e. The summed E-state index contributed by atoms with van der Waals surface area (Å²) in [6.45, 7) is 5.42. The van der Waals surface area contributed by atoms with Crippen LogP contribution in [0.25, 0.3) is 0 Å². The first-order valence-corrected chi connectivity index (χ1v) is 11.2. The molecule has 0 radical (unpaired) electrons. The Labute approximate surface area is 169 Å². The fourth-order valence-electron chi connectivity index (χ4n) is 4.95. The molecule has 6 heteroatoms. The second-order valence-corrected chi connectivity index (χ2v) is 8.56. The summed E-state index contributed by atoms with van der Waals surface area (Å²) in [4.78, 5) is 14.1. The average molecular weight is 385 g/mol. The number of piperidine rings is 1. The lowest BCUT2D eigenvalue weighted by molar-refractivity contribution is 0.242. The number of rotatable bonds is 5. The number of likely N-dealkylation sites (tertiary alicyclic amines) is 1. The highest BCUT2D eigenvalue weighted by Crippen LogP contribution is 2.26. The largest absolute Gasteiger partial charge is 0.357 e. The molecule has 3 aliphatic rings. The Morgan fingerprint density at radius 3 is 2.71 bits per heavy atom. The van der Waals surface area contributed by atoms with Gasteiger partial charge in [-0.25, -0.2) is 4.98 Å². The Hall–Kier alpha value is -1.82. The number of nitrogens with one attached hydrogen (secondary N) is 2. The zero-order valence-electron chi connectivity index (χ0n) is 17.4. The normalized spacial score (nSPS) is 24.7. The molecule has 154 valence electrons. The minimum atomic E-state index is 0.508. The van der Waals surface area contributed by atoms with Crippen LogP contribution in [0.2, 0.25) is 0 Å². The molecule has 2 N–H and O–H groups in total. The SMILES string of the molecule is CN=C(NCc1ccnc(N2CCCCC2)c1)NC1CCN(C2CCCC2)C1. The summed E-state index contributed by atoms with van der Waals surface area (Å²) in [5, 5.41) is 7.14. The summed E-state index contributed by atoms with van der Waals surface area (Å²) >= 11 is 0. The van der Waals surface area contributed by atoms with Crippen LogP contribution in [-0.2, 0) is 6.54 Å². The van der Waals surface area contributed by atoms with E-state index in [-0.39, 0.29) is 0 Å². The zero-order valence-corrected chi connectivity index (χ0v) is 17.4. The second-order valence-electron chi connectivity index (χ2n) is 8.56. The van der Waals surface area contributed by atoms with Crippen LogP contribution in [-0.4, -0.2) is 61.2 Å². The zero-order chi connectivity index (χ0) is 19.2. The fraction of sp³-hybridized carbons (Fsp3) is 0.727. The third kappa shape index (κ3) is 4.96. The molecule has 1 aromatic heterocycles. The lowest BCUT2D eigenvalue weighted by Gasteiger charge is -2.28. The van der Waals surface area contributed by atoms with Crippen LogP contribution in [0, 0.1) is 0 Å². The Kier molecular flexibility index (Phi) is 6.68. The maximum Gasteiger partial charge on any atom is 0.191 e. The Balaban J connectivity index is 1.26. The van der Waals surface area contributed by atoms with Crippen LogP contribution in [0.4, 0.5) is 5.82 Å². The van der Waals surface area contributed by atoms with E-state index in [1.165, 1.54) is 63.5 Å². The highest BCUT2D eigenvalue weighted by Gasteiger charge is 2.30. The van der Waals surface area contributed by atoms with Crippen LogP contribution < -0.4 is 15.5 Å². The molecule has 2 aliphatic heterocycles. The van der Waals surface area contributed by atoms with Crippen molar-refractivity contribution in [2.75, 3.05) is 38.1 Å². The lowest BCUT2D eigenvalue weighted by atomic mass is 10.1. The molecule has 3 fully saturated rings. The molecule has 0 spiro atoms. The molecule has 1 saturated carbocycles. The standard InChI is InChI=1S/C22H36N6/c1-23-22(26-19-10-14-28(17-19)20-7-3-4-8-20)25-16-18-9-11-24-21(15-18)27-12-5-2-6-13-27/h9,11,15,19-20H,2-8,10,12-14,16-17H2,1H3,(H2,23,25,26). The minimum absolute atomic E-state index is 0.508. The highest BCUT2D eigenvalue weighted by atomic mass is 15.3. The van der Waals surface area contributed by atoms with E-state index in [2.05, 4.69) is 42.5 Å². The van der Waals surface area contributed by atoms with Crippen LogP contribution in [0.15, 0.2) is 23.3 Å². The summed E-state index contributed by atoms with van der Waals surface area (Å²) in [6, 6.07) is 5.66. The molecule has 3 heterocycles. The molecule has 0 bridgehead atoms. The van der Waals surface area contributed by atoms with Crippen molar-refractivity contribution in [1.29, 1.82) is 0 Å². The van der Waals surface area contributed by atoms with Gasteiger partial charge in [-0.15, -0.1) is 0 Å². The number of anilines is 1. The van der Waals surface area contributed by atoms with Crippen molar-refractivity contribution in [2.45, 2.75) is 70.0 Å². The molecule has 28 heavy (non-hydrogen) atoms. The summed E-state index contributed by atoms with van der Waals surface area (Å²) in [6.07, 6.45) is 12.7. The third-order valence-corrected chi connectivity index (χ3v) is 6.58. The van der Waals surface area contributed by atoms with E-state index in [0.717, 1.165) is 44.0 Å². The second kappa shape index (κ2) is 9.59. The predicted molar refractivity (Wildman–Crippen MR) is 116 cm³/mol.